The molecule has 4 aromatic rings. The van der Waals surface area contributed by atoms with E-state index in [2.05, 4.69) is 5.32 Å². The molecule has 0 aliphatic heterocycles. The summed E-state index contributed by atoms with van der Waals surface area (Å²) in [4.78, 5) is 23.2. The number of nitro benzene ring substituents is 1. The van der Waals surface area contributed by atoms with Crippen LogP contribution in [-0.2, 0) is 0 Å². The number of fused-ring (bicyclic) bond motifs is 1. The van der Waals surface area contributed by atoms with Gasteiger partial charge in [-0.3, -0.25) is 14.9 Å². The van der Waals surface area contributed by atoms with Crippen molar-refractivity contribution < 1.29 is 14.5 Å². The molecule has 0 fully saturated rings. The number of benzene rings is 4. The lowest BCUT2D eigenvalue weighted by Crippen LogP contribution is -2.13. The van der Waals surface area contributed by atoms with E-state index in [0.29, 0.717) is 17.0 Å². The summed E-state index contributed by atoms with van der Waals surface area (Å²) in [5.74, 6) is 0.272. The summed E-state index contributed by atoms with van der Waals surface area (Å²) in [6.07, 6.45) is 0. The van der Waals surface area contributed by atoms with Crippen molar-refractivity contribution in [3.05, 3.63) is 101 Å². The van der Waals surface area contributed by atoms with Gasteiger partial charge in [-0.05, 0) is 46.8 Å². The Balaban J connectivity index is 1.55. The smallest absolute Gasteiger partial charge is 0.269 e. The van der Waals surface area contributed by atoms with Crippen molar-refractivity contribution in [2.75, 3.05) is 12.4 Å². The number of rotatable bonds is 5. The van der Waals surface area contributed by atoms with Gasteiger partial charge >= 0.3 is 0 Å². The molecule has 0 aliphatic rings. The standard InChI is InChI=1S/C24H18N2O4/c1-30-23-21-5-3-2-4-18(21)10-15-22(23)24(27)25-19-11-6-16(7-12-19)17-8-13-20(14-9-17)26(28)29/h2-15H,1H3,(H,25,27). The number of hydrogen-bond acceptors (Lipinski definition) is 4. The van der Waals surface area contributed by atoms with Crippen LogP contribution in [0, 0.1) is 10.1 Å². The van der Waals surface area contributed by atoms with Crippen molar-refractivity contribution in [3.8, 4) is 16.9 Å². The number of nitrogens with one attached hydrogen (secondary N) is 1. The minimum absolute atomic E-state index is 0.0481. The van der Waals surface area contributed by atoms with E-state index in [1.165, 1.54) is 12.1 Å². The molecule has 0 unspecified atom stereocenters. The summed E-state index contributed by atoms with van der Waals surface area (Å²) in [7, 11) is 1.55. The third kappa shape index (κ3) is 3.71. The molecule has 0 atom stereocenters. The van der Waals surface area contributed by atoms with Crippen LogP contribution in [0.25, 0.3) is 21.9 Å². The van der Waals surface area contributed by atoms with Gasteiger partial charge in [-0.2, -0.15) is 0 Å². The van der Waals surface area contributed by atoms with Gasteiger partial charge in [0, 0.05) is 23.2 Å². The normalized spacial score (nSPS) is 10.6. The number of non-ortho nitro benzene ring substituents is 1. The number of methoxy groups -OCH3 is 1. The van der Waals surface area contributed by atoms with Crippen LogP contribution >= 0.6 is 0 Å². The fourth-order valence-electron chi connectivity index (χ4n) is 3.36. The molecule has 4 aromatic carbocycles. The topological polar surface area (TPSA) is 81.5 Å². The van der Waals surface area contributed by atoms with Gasteiger partial charge in [0.15, 0.2) is 0 Å². The number of carbonyl (C=O) groups is 1. The third-order valence-corrected chi connectivity index (χ3v) is 4.88. The Bertz CT molecular complexity index is 1230. The van der Waals surface area contributed by atoms with E-state index in [-0.39, 0.29) is 11.6 Å². The molecule has 0 radical (unpaired) electrons. The number of anilines is 1. The zero-order valence-electron chi connectivity index (χ0n) is 16.2. The van der Waals surface area contributed by atoms with Crippen LogP contribution in [0.4, 0.5) is 11.4 Å². The maximum Gasteiger partial charge on any atom is 0.269 e. The van der Waals surface area contributed by atoms with Gasteiger partial charge in [0.25, 0.3) is 11.6 Å². The summed E-state index contributed by atoms with van der Waals surface area (Å²) in [5, 5.41) is 15.6. The molecule has 0 saturated carbocycles. The summed E-state index contributed by atoms with van der Waals surface area (Å²) in [6, 6.07) is 25.0. The molecule has 0 aliphatic carbocycles. The zero-order valence-corrected chi connectivity index (χ0v) is 16.2. The Morgan fingerprint density at radius 2 is 1.50 bits per heavy atom. The van der Waals surface area contributed by atoms with Gasteiger partial charge in [0.05, 0.1) is 17.6 Å². The summed E-state index contributed by atoms with van der Waals surface area (Å²) < 4.78 is 5.51. The highest BCUT2D eigenvalue weighted by molar-refractivity contribution is 6.10. The largest absolute Gasteiger partial charge is 0.495 e. The lowest BCUT2D eigenvalue weighted by Gasteiger charge is -2.12. The Labute approximate surface area is 172 Å². The fraction of sp³-hybridized carbons (Fsp3) is 0.0417. The van der Waals surface area contributed by atoms with Crippen LogP contribution in [0.1, 0.15) is 10.4 Å². The predicted octanol–water partition coefficient (Wildman–Crippen LogP) is 5.68. The molecule has 1 amide bonds. The van der Waals surface area contributed by atoms with Crippen LogP contribution < -0.4 is 10.1 Å². The SMILES string of the molecule is COc1c(C(=O)Nc2ccc(-c3ccc([N+](=O)[O-])cc3)cc2)ccc2ccccc12. The number of ether oxygens (including phenoxy) is 1. The van der Waals surface area contributed by atoms with Gasteiger partial charge in [0.1, 0.15) is 5.75 Å². The first-order valence-corrected chi connectivity index (χ1v) is 9.29. The Kier molecular flexibility index (Phi) is 5.13. The average Bonchev–Trinajstić information content (AvgIpc) is 2.78. The molecule has 0 spiro atoms. The summed E-state index contributed by atoms with van der Waals surface area (Å²) in [6.45, 7) is 0. The zero-order chi connectivity index (χ0) is 21.1. The van der Waals surface area contributed by atoms with Gasteiger partial charge < -0.3 is 10.1 Å². The maximum absolute atomic E-state index is 12.8. The van der Waals surface area contributed by atoms with Crippen molar-refractivity contribution in [3.63, 3.8) is 0 Å². The molecule has 1 N–H and O–H groups in total. The van der Waals surface area contributed by atoms with Crippen molar-refractivity contribution >= 4 is 28.1 Å². The lowest BCUT2D eigenvalue weighted by atomic mass is 10.0. The van der Waals surface area contributed by atoms with E-state index in [1.54, 1.807) is 37.4 Å². The van der Waals surface area contributed by atoms with Crippen molar-refractivity contribution in [2.45, 2.75) is 0 Å². The third-order valence-electron chi connectivity index (χ3n) is 4.88. The average molecular weight is 398 g/mol. The van der Waals surface area contributed by atoms with E-state index in [0.717, 1.165) is 21.9 Å². The Morgan fingerprint density at radius 3 is 2.13 bits per heavy atom. The van der Waals surface area contributed by atoms with E-state index in [4.69, 9.17) is 4.74 Å². The van der Waals surface area contributed by atoms with Crippen LogP contribution in [0.15, 0.2) is 84.9 Å². The first kappa shape index (κ1) is 19.1. The van der Waals surface area contributed by atoms with Crippen molar-refractivity contribution in [2.24, 2.45) is 0 Å². The molecule has 148 valence electrons. The molecular weight excluding hydrogens is 380 g/mol. The van der Waals surface area contributed by atoms with Crippen molar-refractivity contribution in [1.29, 1.82) is 0 Å². The highest BCUT2D eigenvalue weighted by Gasteiger charge is 2.15. The Morgan fingerprint density at radius 1 is 0.867 bits per heavy atom. The van der Waals surface area contributed by atoms with Gasteiger partial charge in [-0.25, -0.2) is 0 Å². The van der Waals surface area contributed by atoms with E-state index in [9.17, 15) is 14.9 Å². The van der Waals surface area contributed by atoms with Crippen molar-refractivity contribution in [1.82, 2.24) is 0 Å². The molecule has 30 heavy (non-hydrogen) atoms. The second-order valence-electron chi connectivity index (χ2n) is 6.70. The Hall–Kier alpha value is -4.19. The number of nitro groups is 1. The van der Waals surface area contributed by atoms with E-state index >= 15 is 0 Å². The summed E-state index contributed by atoms with van der Waals surface area (Å²) >= 11 is 0. The number of amides is 1. The maximum atomic E-state index is 12.8. The highest BCUT2D eigenvalue weighted by Crippen LogP contribution is 2.30. The first-order valence-electron chi connectivity index (χ1n) is 9.29. The molecule has 0 aromatic heterocycles. The number of hydrogen-bond donors (Lipinski definition) is 1. The molecule has 6 heteroatoms. The second-order valence-corrected chi connectivity index (χ2v) is 6.70. The molecule has 0 bridgehead atoms. The quantitative estimate of drug-likeness (QED) is 0.347. The fourth-order valence-corrected chi connectivity index (χ4v) is 3.36. The van der Waals surface area contributed by atoms with Crippen LogP contribution in [-0.4, -0.2) is 17.9 Å². The van der Waals surface area contributed by atoms with E-state index in [1.807, 2.05) is 42.5 Å². The monoisotopic (exact) mass is 398 g/mol. The van der Waals surface area contributed by atoms with Gasteiger partial charge in [0.2, 0.25) is 0 Å². The minimum Gasteiger partial charge on any atom is -0.495 e. The lowest BCUT2D eigenvalue weighted by molar-refractivity contribution is -0.384. The summed E-state index contributed by atoms with van der Waals surface area (Å²) in [5.41, 5.74) is 2.89. The first-order chi connectivity index (χ1) is 14.6. The van der Waals surface area contributed by atoms with Gasteiger partial charge in [-0.15, -0.1) is 0 Å². The minimum atomic E-state index is -0.427. The van der Waals surface area contributed by atoms with Crippen LogP contribution in [0.3, 0.4) is 0 Å². The van der Waals surface area contributed by atoms with Crippen LogP contribution in [0.5, 0.6) is 5.75 Å². The molecular formula is C24H18N2O4. The molecule has 0 heterocycles. The van der Waals surface area contributed by atoms with Gasteiger partial charge in [-0.1, -0.05) is 42.5 Å². The highest BCUT2D eigenvalue weighted by atomic mass is 16.6. The second kappa shape index (κ2) is 8.05. The van der Waals surface area contributed by atoms with E-state index < -0.39 is 4.92 Å². The molecule has 6 nitrogen and oxygen atoms in total. The predicted molar refractivity (Wildman–Crippen MR) is 117 cm³/mol. The van der Waals surface area contributed by atoms with Crippen LogP contribution in [0.2, 0.25) is 0 Å². The molecule has 0 saturated heterocycles. The number of nitrogens with zero attached hydrogens (tertiary/aromatic N) is 1. The number of carbonyl (C=O) groups excluding carboxylic acids is 1. The molecule has 4 rings (SSSR count).